The number of rotatable bonds is 8. The van der Waals surface area contributed by atoms with E-state index in [1.807, 2.05) is 0 Å². The normalized spacial score (nSPS) is 11.6. The van der Waals surface area contributed by atoms with Crippen molar-refractivity contribution in [3.05, 3.63) is 28.6 Å². The average molecular weight is 340 g/mol. The Morgan fingerprint density at radius 2 is 2.29 bits per heavy atom. The molecule has 17 heavy (non-hydrogen) atoms. The van der Waals surface area contributed by atoms with E-state index in [0.717, 1.165) is 6.42 Å². The van der Waals surface area contributed by atoms with Crippen LogP contribution in [0.2, 0.25) is 0 Å². The Balaban J connectivity index is 2.36. The number of ether oxygens (including phenoxy) is 1. The molecule has 0 aromatic carbocycles. The number of sulfonamides is 1. The van der Waals surface area contributed by atoms with E-state index in [-0.39, 0.29) is 6.54 Å². The highest BCUT2D eigenvalue weighted by molar-refractivity contribution is 9.10. The van der Waals surface area contributed by atoms with Crippen molar-refractivity contribution < 1.29 is 13.2 Å². The molecule has 0 spiro atoms. The van der Waals surface area contributed by atoms with Crippen molar-refractivity contribution in [1.82, 2.24) is 4.72 Å². The highest BCUT2D eigenvalue weighted by Gasteiger charge is 2.18. The van der Waals surface area contributed by atoms with Crippen molar-refractivity contribution in [2.45, 2.75) is 10.6 Å². The first-order valence-electron chi connectivity index (χ1n) is 4.99. The Morgan fingerprint density at radius 3 is 2.88 bits per heavy atom. The molecular formula is C10H14BrNO3S2. The largest absolute Gasteiger partial charge is 0.380 e. The Bertz CT molecular complexity index is 456. The first kappa shape index (κ1) is 14.8. The smallest absolute Gasteiger partial charge is 0.251 e. The third-order valence-corrected chi connectivity index (χ3v) is 5.96. The molecule has 0 radical (unpaired) electrons. The van der Waals surface area contributed by atoms with Crippen LogP contribution in [-0.2, 0) is 14.8 Å². The highest BCUT2D eigenvalue weighted by atomic mass is 79.9. The lowest BCUT2D eigenvalue weighted by Crippen LogP contribution is -2.27. The zero-order valence-electron chi connectivity index (χ0n) is 9.19. The van der Waals surface area contributed by atoms with Crippen molar-refractivity contribution in [3.8, 4) is 0 Å². The Kier molecular flexibility index (Phi) is 6.35. The van der Waals surface area contributed by atoms with Gasteiger partial charge in [-0.15, -0.1) is 17.9 Å². The van der Waals surface area contributed by atoms with Crippen LogP contribution in [0.3, 0.4) is 0 Å². The molecule has 96 valence electrons. The molecule has 1 N–H and O–H groups in total. The van der Waals surface area contributed by atoms with Gasteiger partial charge in [0, 0.05) is 11.0 Å². The SMILES string of the molecule is C=CCCOCCNS(=O)(=O)c1sccc1Br. The summed E-state index contributed by atoms with van der Waals surface area (Å²) in [6, 6.07) is 1.71. The quantitative estimate of drug-likeness (QED) is 0.584. The van der Waals surface area contributed by atoms with E-state index in [1.54, 1.807) is 17.5 Å². The first-order chi connectivity index (χ1) is 8.08. The van der Waals surface area contributed by atoms with Crippen molar-refractivity contribution >= 4 is 37.3 Å². The molecule has 1 aromatic rings. The van der Waals surface area contributed by atoms with Crippen molar-refractivity contribution in [2.75, 3.05) is 19.8 Å². The summed E-state index contributed by atoms with van der Waals surface area (Å²) < 4.78 is 32.2. The molecule has 1 heterocycles. The Hall–Kier alpha value is -0.210. The summed E-state index contributed by atoms with van der Waals surface area (Å²) in [7, 11) is -3.42. The van der Waals surface area contributed by atoms with Gasteiger partial charge >= 0.3 is 0 Å². The fraction of sp³-hybridized carbons (Fsp3) is 0.400. The van der Waals surface area contributed by atoms with E-state index < -0.39 is 10.0 Å². The molecule has 0 amide bonds. The van der Waals surface area contributed by atoms with Crippen LogP contribution in [0.5, 0.6) is 0 Å². The summed E-state index contributed by atoms with van der Waals surface area (Å²) in [6.45, 7) is 4.75. The topological polar surface area (TPSA) is 55.4 Å². The number of hydrogen-bond donors (Lipinski definition) is 1. The van der Waals surface area contributed by atoms with Crippen molar-refractivity contribution in [2.24, 2.45) is 0 Å². The van der Waals surface area contributed by atoms with Crippen LogP contribution in [0.25, 0.3) is 0 Å². The molecule has 1 aromatic heterocycles. The zero-order chi connectivity index (χ0) is 12.7. The molecule has 0 aliphatic carbocycles. The monoisotopic (exact) mass is 339 g/mol. The van der Waals surface area contributed by atoms with Gasteiger partial charge in [-0.25, -0.2) is 13.1 Å². The molecule has 7 heteroatoms. The minimum Gasteiger partial charge on any atom is -0.380 e. The predicted octanol–water partition coefficient (Wildman–Crippen LogP) is 2.38. The summed E-state index contributed by atoms with van der Waals surface area (Å²) in [5.74, 6) is 0. The third-order valence-electron chi connectivity index (χ3n) is 1.83. The molecular weight excluding hydrogens is 326 g/mol. The molecule has 0 aliphatic heterocycles. The number of nitrogens with one attached hydrogen (secondary N) is 1. The number of hydrogen-bond acceptors (Lipinski definition) is 4. The van der Waals surface area contributed by atoms with Gasteiger partial charge in [-0.3, -0.25) is 0 Å². The lowest BCUT2D eigenvalue weighted by molar-refractivity contribution is 0.144. The van der Waals surface area contributed by atoms with Gasteiger partial charge in [0.05, 0.1) is 13.2 Å². The fourth-order valence-electron chi connectivity index (χ4n) is 1.05. The standard InChI is InChI=1S/C10H14BrNO3S2/c1-2-3-6-15-7-5-12-17(13,14)10-9(11)4-8-16-10/h2,4,8,12H,1,3,5-7H2. The second-order valence-corrected chi connectivity index (χ2v) is 6.88. The number of thiophene rings is 1. The van der Waals surface area contributed by atoms with Crippen LogP contribution in [0.15, 0.2) is 32.8 Å². The molecule has 0 unspecified atom stereocenters. The van der Waals surface area contributed by atoms with Gasteiger partial charge in [0.2, 0.25) is 0 Å². The van der Waals surface area contributed by atoms with E-state index in [9.17, 15) is 8.42 Å². The minimum atomic E-state index is -3.42. The summed E-state index contributed by atoms with van der Waals surface area (Å²) >= 11 is 4.37. The van der Waals surface area contributed by atoms with Crippen LogP contribution in [0.4, 0.5) is 0 Å². The maximum absolute atomic E-state index is 11.8. The Morgan fingerprint density at radius 1 is 1.53 bits per heavy atom. The van der Waals surface area contributed by atoms with Crippen molar-refractivity contribution in [3.63, 3.8) is 0 Å². The summed E-state index contributed by atoms with van der Waals surface area (Å²) in [5.41, 5.74) is 0. The predicted molar refractivity (Wildman–Crippen MR) is 72.8 cm³/mol. The molecule has 0 fully saturated rings. The molecule has 0 saturated heterocycles. The molecule has 0 aliphatic rings. The van der Waals surface area contributed by atoms with Gasteiger partial charge in [0.1, 0.15) is 4.21 Å². The fourth-order valence-corrected chi connectivity index (χ4v) is 4.45. The van der Waals surface area contributed by atoms with Crippen LogP contribution in [0.1, 0.15) is 6.42 Å². The van der Waals surface area contributed by atoms with E-state index in [4.69, 9.17) is 4.74 Å². The van der Waals surface area contributed by atoms with Crippen LogP contribution in [-0.4, -0.2) is 28.2 Å². The van der Waals surface area contributed by atoms with Gasteiger partial charge in [-0.1, -0.05) is 6.08 Å². The molecule has 1 rings (SSSR count). The lowest BCUT2D eigenvalue weighted by Gasteiger charge is -2.05. The second-order valence-electron chi connectivity index (χ2n) is 3.14. The van der Waals surface area contributed by atoms with Crippen molar-refractivity contribution in [1.29, 1.82) is 0 Å². The maximum atomic E-state index is 11.8. The molecule has 0 saturated carbocycles. The minimum absolute atomic E-state index is 0.268. The van der Waals surface area contributed by atoms with E-state index in [0.29, 0.717) is 21.9 Å². The van der Waals surface area contributed by atoms with Crippen LogP contribution < -0.4 is 4.72 Å². The number of halogens is 1. The summed E-state index contributed by atoms with van der Waals surface area (Å²) in [5, 5.41) is 1.72. The van der Waals surface area contributed by atoms with Gasteiger partial charge in [0.25, 0.3) is 10.0 Å². The zero-order valence-corrected chi connectivity index (χ0v) is 12.4. The molecule has 4 nitrogen and oxygen atoms in total. The lowest BCUT2D eigenvalue weighted by atomic mass is 10.5. The summed E-state index contributed by atoms with van der Waals surface area (Å²) in [6.07, 6.45) is 2.52. The maximum Gasteiger partial charge on any atom is 0.251 e. The second kappa shape index (κ2) is 7.27. The molecule has 0 atom stereocenters. The van der Waals surface area contributed by atoms with E-state index in [1.165, 1.54) is 11.3 Å². The molecule has 0 bridgehead atoms. The van der Waals surface area contributed by atoms with Crippen LogP contribution in [0, 0.1) is 0 Å². The van der Waals surface area contributed by atoms with E-state index in [2.05, 4.69) is 27.2 Å². The summed E-state index contributed by atoms with van der Waals surface area (Å²) in [4.78, 5) is 0. The Labute approximate surface area is 114 Å². The highest BCUT2D eigenvalue weighted by Crippen LogP contribution is 2.27. The average Bonchev–Trinajstić information content (AvgIpc) is 2.70. The van der Waals surface area contributed by atoms with Crippen LogP contribution >= 0.6 is 27.3 Å². The van der Waals surface area contributed by atoms with Gasteiger partial charge < -0.3 is 4.74 Å². The van der Waals surface area contributed by atoms with Gasteiger partial charge in [-0.2, -0.15) is 0 Å². The van der Waals surface area contributed by atoms with Gasteiger partial charge in [0.15, 0.2) is 0 Å². The first-order valence-corrected chi connectivity index (χ1v) is 8.15. The van der Waals surface area contributed by atoms with E-state index >= 15 is 0 Å². The third kappa shape index (κ3) is 4.89. The van der Waals surface area contributed by atoms with Gasteiger partial charge in [-0.05, 0) is 33.8 Å².